The second kappa shape index (κ2) is 5.34. The Labute approximate surface area is 72.8 Å². The third kappa shape index (κ3) is 3.18. The van der Waals surface area contributed by atoms with Gasteiger partial charge in [0.05, 0.1) is 12.1 Å². The Hall–Kier alpha value is -1.33. The summed E-state index contributed by atoms with van der Waals surface area (Å²) in [6, 6.07) is 5.83. The van der Waals surface area contributed by atoms with Crippen LogP contribution in [0.25, 0.3) is 0 Å². The molecule has 0 spiro atoms. The van der Waals surface area contributed by atoms with E-state index >= 15 is 0 Å². The third-order valence-electron chi connectivity index (χ3n) is 1.39. The van der Waals surface area contributed by atoms with Crippen molar-refractivity contribution in [2.24, 2.45) is 5.73 Å². The van der Waals surface area contributed by atoms with Crippen LogP contribution in [0.15, 0.2) is 24.4 Å². The molecule has 0 saturated heterocycles. The first-order valence-corrected chi connectivity index (χ1v) is 3.99. The van der Waals surface area contributed by atoms with Gasteiger partial charge >= 0.3 is 0 Å². The summed E-state index contributed by atoms with van der Waals surface area (Å²) in [4.78, 5) is 4.14. The van der Waals surface area contributed by atoms with Crippen molar-refractivity contribution in [3.63, 3.8) is 0 Å². The Morgan fingerprint density at radius 2 is 2.25 bits per heavy atom. The Morgan fingerprint density at radius 3 is 2.92 bits per heavy atom. The van der Waals surface area contributed by atoms with Crippen LogP contribution < -0.4 is 5.73 Å². The number of nitrogens with zero attached hydrogens (tertiary/aromatic N) is 1. The van der Waals surface area contributed by atoms with Crippen molar-refractivity contribution in [3.8, 4) is 11.8 Å². The Kier molecular flexibility index (Phi) is 3.90. The average molecular weight is 160 g/mol. The standard InChI is InChI=1S/C10H12N2/c11-8-4-1-2-6-10-7-3-5-9-12-10/h3,5,7,9H,4,6,8,11H2. The summed E-state index contributed by atoms with van der Waals surface area (Å²) in [6.45, 7) is 0.634. The zero-order valence-electron chi connectivity index (χ0n) is 6.96. The van der Waals surface area contributed by atoms with Crippen LogP contribution in [0.5, 0.6) is 0 Å². The molecule has 12 heavy (non-hydrogen) atoms. The highest BCUT2D eigenvalue weighted by Crippen LogP contribution is 1.92. The number of hydrogen-bond acceptors (Lipinski definition) is 2. The number of pyridine rings is 1. The van der Waals surface area contributed by atoms with Crippen LogP contribution in [-0.4, -0.2) is 11.5 Å². The molecule has 0 aliphatic carbocycles. The lowest BCUT2D eigenvalue weighted by Gasteiger charge is -1.89. The predicted octanol–water partition coefficient (Wildman–Crippen LogP) is 0.976. The van der Waals surface area contributed by atoms with Crippen molar-refractivity contribution in [2.75, 3.05) is 6.54 Å². The number of hydrogen-bond donors (Lipinski definition) is 1. The van der Waals surface area contributed by atoms with E-state index in [0.717, 1.165) is 18.5 Å². The molecule has 0 aliphatic heterocycles. The van der Waals surface area contributed by atoms with Gasteiger partial charge in [-0.15, -0.1) is 5.92 Å². The lowest BCUT2D eigenvalue weighted by atomic mass is 10.2. The number of rotatable bonds is 2. The van der Waals surface area contributed by atoms with Crippen molar-refractivity contribution in [3.05, 3.63) is 30.1 Å². The molecule has 0 aromatic carbocycles. The zero-order chi connectivity index (χ0) is 8.65. The Balaban J connectivity index is 2.40. The number of nitrogens with two attached hydrogens (primary N) is 1. The molecule has 1 rings (SSSR count). The van der Waals surface area contributed by atoms with E-state index in [1.165, 1.54) is 0 Å². The van der Waals surface area contributed by atoms with Gasteiger partial charge in [0.1, 0.15) is 0 Å². The van der Waals surface area contributed by atoms with Crippen molar-refractivity contribution in [1.29, 1.82) is 0 Å². The molecule has 2 nitrogen and oxygen atoms in total. The lowest BCUT2D eigenvalue weighted by Crippen LogP contribution is -1.95. The molecule has 1 aromatic rings. The fraction of sp³-hybridized carbons (Fsp3) is 0.300. The van der Waals surface area contributed by atoms with E-state index in [2.05, 4.69) is 16.8 Å². The largest absolute Gasteiger partial charge is 0.330 e. The predicted molar refractivity (Wildman–Crippen MR) is 49.4 cm³/mol. The molecule has 62 valence electrons. The van der Waals surface area contributed by atoms with E-state index in [1.54, 1.807) is 6.20 Å². The quantitative estimate of drug-likeness (QED) is 0.655. The van der Waals surface area contributed by atoms with Gasteiger partial charge in [-0.3, -0.25) is 4.98 Å². The maximum Gasteiger partial charge on any atom is 0.0522 e. The van der Waals surface area contributed by atoms with Crippen molar-refractivity contribution < 1.29 is 0 Å². The van der Waals surface area contributed by atoms with E-state index < -0.39 is 0 Å². The molecule has 2 heteroatoms. The fourth-order valence-corrected chi connectivity index (χ4v) is 0.816. The molecule has 0 unspecified atom stereocenters. The van der Waals surface area contributed by atoms with Gasteiger partial charge in [0, 0.05) is 19.2 Å². The molecular formula is C10H12N2. The molecule has 0 fully saturated rings. The van der Waals surface area contributed by atoms with Crippen molar-refractivity contribution in [1.82, 2.24) is 4.98 Å². The van der Waals surface area contributed by atoms with E-state index in [-0.39, 0.29) is 0 Å². The first-order chi connectivity index (χ1) is 5.93. The second-order valence-electron chi connectivity index (χ2n) is 2.39. The summed E-state index contributed by atoms with van der Waals surface area (Å²) in [7, 11) is 0. The minimum Gasteiger partial charge on any atom is -0.330 e. The van der Waals surface area contributed by atoms with E-state index in [1.807, 2.05) is 18.2 Å². The zero-order valence-corrected chi connectivity index (χ0v) is 6.96. The summed E-state index contributed by atoms with van der Waals surface area (Å²) in [5.41, 5.74) is 6.31. The first kappa shape index (κ1) is 8.76. The SMILES string of the molecule is NCCC#CCc1ccccn1. The summed E-state index contributed by atoms with van der Waals surface area (Å²) >= 11 is 0. The normalized spacial score (nSPS) is 8.75. The topological polar surface area (TPSA) is 38.9 Å². The molecule has 1 aromatic heterocycles. The molecule has 0 amide bonds. The molecule has 1 heterocycles. The molecule has 0 aliphatic rings. The second-order valence-corrected chi connectivity index (χ2v) is 2.39. The molecule has 0 atom stereocenters. The third-order valence-corrected chi connectivity index (χ3v) is 1.39. The van der Waals surface area contributed by atoms with Gasteiger partial charge in [-0.25, -0.2) is 0 Å². The van der Waals surface area contributed by atoms with Gasteiger partial charge in [-0.1, -0.05) is 12.0 Å². The highest BCUT2D eigenvalue weighted by atomic mass is 14.7. The summed E-state index contributed by atoms with van der Waals surface area (Å²) in [5.74, 6) is 5.98. The van der Waals surface area contributed by atoms with Crippen LogP contribution in [0.3, 0.4) is 0 Å². The smallest absolute Gasteiger partial charge is 0.0522 e. The summed E-state index contributed by atoms with van der Waals surface area (Å²) < 4.78 is 0. The van der Waals surface area contributed by atoms with Gasteiger partial charge in [-0.2, -0.15) is 0 Å². The highest BCUT2D eigenvalue weighted by Gasteiger charge is 1.85. The minimum absolute atomic E-state index is 0.634. The van der Waals surface area contributed by atoms with Crippen LogP contribution in [0.4, 0.5) is 0 Å². The maximum absolute atomic E-state index is 5.29. The maximum atomic E-state index is 5.29. The van der Waals surface area contributed by atoms with Gasteiger partial charge in [-0.05, 0) is 12.1 Å². The average Bonchev–Trinajstić information content (AvgIpc) is 2.14. The van der Waals surface area contributed by atoms with Gasteiger partial charge in [0.15, 0.2) is 0 Å². The first-order valence-electron chi connectivity index (χ1n) is 3.99. The van der Waals surface area contributed by atoms with Crippen LogP contribution in [-0.2, 0) is 6.42 Å². The fourth-order valence-electron chi connectivity index (χ4n) is 0.816. The summed E-state index contributed by atoms with van der Waals surface area (Å²) in [5, 5.41) is 0. The van der Waals surface area contributed by atoms with Crippen LogP contribution in [0, 0.1) is 11.8 Å². The van der Waals surface area contributed by atoms with Crippen molar-refractivity contribution >= 4 is 0 Å². The number of aromatic nitrogens is 1. The Morgan fingerprint density at radius 1 is 1.33 bits per heavy atom. The van der Waals surface area contributed by atoms with Crippen LogP contribution >= 0.6 is 0 Å². The molecular weight excluding hydrogens is 148 g/mol. The van der Waals surface area contributed by atoms with Crippen molar-refractivity contribution in [2.45, 2.75) is 12.8 Å². The Bertz CT molecular complexity index is 269. The lowest BCUT2D eigenvalue weighted by molar-refractivity contribution is 1.03. The highest BCUT2D eigenvalue weighted by molar-refractivity contribution is 5.12. The molecule has 2 N–H and O–H groups in total. The summed E-state index contributed by atoms with van der Waals surface area (Å²) in [6.07, 6.45) is 3.27. The van der Waals surface area contributed by atoms with Crippen LogP contribution in [0.1, 0.15) is 12.1 Å². The van der Waals surface area contributed by atoms with E-state index in [4.69, 9.17) is 5.73 Å². The van der Waals surface area contributed by atoms with E-state index in [0.29, 0.717) is 6.54 Å². The van der Waals surface area contributed by atoms with E-state index in [9.17, 15) is 0 Å². The van der Waals surface area contributed by atoms with Gasteiger partial charge in [0.25, 0.3) is 0 Å². The molecule has 0 saturated carbocycles. The molecule has 0 radical (unpaired) electrons. The van der Waals surface area contributed by atoms with Crippen LogP contribution in [0.2, 0.25) is 0 Å². The molecule has 0 bridgehead atoms. The minimum atomic E-state index is 0.634. The monoisotopic (exact) mass is 160 g/mol. The van der Waals surface area contributed by atoms with Gasteiger partial charge < -0.3 is 5.73 Å². The van der Waals surface area contributed by atoms with Gasteiger partial charge in [0.2, 0.25) is 0 Å².